The molecule has 4 atom stereocenters. The Kier molecular flexibility index (Phi) is 23.8. The summed E-state index contributed by atoms with van der Waals surface area (Å²) in [6, 6.07) is 1.55. The van der Waals surface area contributed by atoms with Crippen molar-refractivity contribution in [2.75, 3.05) is 0 Å². The van der Waals surface area contributed by atoms with Crippen LogP contribution in [0.25, 0.3) is 0 Å². The summed E-state index contributed by atoms with van der Waals surface area (Å²) in [4.78, 5) is 0. The Morgan fingerprint density at radius 2 is 0.650 bits per heavy atom. The Hall–Kier alpha value is 1.000. The molecule has 4 nitrogen and oxygen atoms in total. The highest BCUT2D eigenvalue weighted by Crippen LogP contribution is 2.14. The summed E-state index contributed by atoms with van der Waals surface area (Å²) in [6.45, 7) is 0. The van der Waals surface area contributed by atoms with Crippen molar-refractivity contribution in [1.82, 2.24) is 0 Å². The van der Waals surface area contributed by atoms with Crippen LogP contribution >= 0.6 is 49.6 Å². The first-order valence-electron chi connectivity index (χ1n) is 6.60. The maximum atomic E-state index is 5.65. The van der Waals surface area contributed by atoms with Gasteiger partial charge in [0.15, 0.2) is 0 Å². The highest BCUT2D eigenvalue weighted by molar-refractivity contribution is 5.86. The molecule has 2 aliphatic rings. The van der Waals surface area contributed by atoms with E-state index in [-0.39, 0.29) is 49.6 Å². The third-order valence-corrected chi connectivity index (χ3v) is 3.51. The second-order valence-electron chi connectivity index (χ2n) is 5.37. The number of hydrogen-bond acceptors (Lipinski definition) is 4. The lowest BCUT2D eigenvalue weighted by molar-refractivity contribution is 0.392. The molecule has 0 aliphatic heterocycles. The quantitative estimate of drug-likeness (QED) is 0.521. The monoisotopic (exact) mass is 372 g/mol. The van der Waals surface area contributed by atoms with Crippen LogP contribution in [-0.2, 0) is 0 Å². The summed E-state index contributed by atoms with van der Waals surface area (Å²) < 4.78 is 0. The molecule has 2 rings (SSSR count). The topological polar surface area (TPSA) is 104 Å². The highest BCUT2D eigenvalue weighted by Gasteiger charge is 2.15. The van der Waals surface area contributed by atoms with Crippen LogP contribution in [0.1, 0.15) is 51.4 Å². The number of halogens is 4. The van der Waals surface area contributed by atoms with E-state index in [1.54, 1.807) is 0 Å². The van der Waals surface area contributed by atoms with E-state index >= 15 is 0 Å². The first-order chi connectivity index (χ1) is 7.58. The van der Waals surface area contributed by atoms with Crippen molar-refractivity contribution in [2.45, 2.75) is 75.5 Å². The Morgan fingerprint density at radius 3 is 0.750 bits per heavy atom. The molecule has 8 N–H and O–H groups in total. The van der Waals surface area contributed by atoms with Gasteiger partial charge in [-0.05, 0) is 38.5 Å². The number of rotatable bonds is 0. The van der Waals surface area contributed by atoms with Crippen LogP contribution < -0.4 is 22.9 Å². The van der Waals surface area contributed by atoms with E-state index in [0.29, 0.717) is 24.2 Å². The van der Waals surface area contributed by atoms with E-state index in [1.807, 2.05) is 0 Å². The third kappa shape index (κ3) is 14.0. The van der Waals surface area contributed by atoms with E-state index in [4.69, 9.17) is 22.9 Å². The maximum absolute atomic E-state index is 5.65. The van der Waals surface area contributed by atoms with Gasteiger partial charge in [-0.3, -0.25) is 0 Å². The molecule has 20 heavy (non-hydrogen) atoms. The second-order valence-corrected chi connectivity index (χ2v) is 5.37. The fourth-order valence-electron chi connectivity index (χ4n) is 2.53. The lowest BCUT2D eigenvalue weighted by Gasteiger charge is -2.22. The van der Waals surface area contributed by atoms with Crippen LogP contribution in [0, 0.1) is 0 Å². The first kappa shape index (κ1) is 29.1. The van der Waals surface area contributed by atoms with Gasteiger partial charge in [0.05, 0.1) is 0 Å². The molecule has 0 amide bonds. The molecule has 8 heteroatoms. The normalized spacial score (nSPS) is 31.8. The van der Waals surface area contributed by atoms with Crippen molar-refractivity contribution in [3.05, 3.63) is 0 Å². The van der Waals surface area contributed by atoms with E-state index in [9.17, 15) is 0 Å². The van der Waals surface area contributed by atoms with Gasteiger partial charge in [0.1, 0.15) is 0 Å². The van der Waals surface area contributed by atoms with Crippen LogP contribution in [0.2, 0.25) is 0 Å². The van der Waals surface area contributed by atoms with Gasteiger partial charge in [-0.2, -0.15) is 0 Å². The van der Waals surface area contributed by atoms with Crippen molar-refractivity contribution in [3.8, 4) is 0 Å². The van der Waals surface area contributed by atoms with Crippen molar-refractivity contribution in [1.29, 1.82) is 0 Å². The van der Waals surface area contributed by atoms with Gasteiger partial charge >= 0.3 is 0 Å². The molecule has 0 saturated heterocycles. The van der Waals surface area contributed by atoms with Crippen molar-refractivity contribution < 1.29 is 0 Å². The lowest BCUT2D eigenvalue weighted by atomic mass is 9.92. The molecule has 0 bridgehead atoms. The van der Waals surface area contributed by atoms with Crippen LogP contribution in [0.15, 0.2) is 0 Å². The minimum Gasteiger partial charge on any atom is -0.328 e. The molecule has 0 spiro atoms. The van der Waals surface area contributed by atoms with Gasteiger partial charge in [-0.1, -0.05) is 12.8 Å². The van der Waals surface area contributed by atoms with Crippen LogP contribution in [0.3, 0.4) is 0 Å². The summed E-state index contributed by atoms with van der Waals surface area (Å²) in [5.41, 5.74) is 22.6. The summed E-state index contributed by atoms with van der Waals surface area (Å²) >= 11 is 0. The smallest absolute Gasteiger partial charge is 0.00535 e. The lowest BCUT2D eigenvalue weighted by Crippen LogP contribution is -2.35. The van der Waals surface area contributed by atoms with Gasteiger partial charge in [-0.25, -0.2) is 0 Å². The fraction of sp³-hybridized carbons (Fsp3) is 1.00. The van der Waals surface area contributed by atoms with Crippen molar-refractivity contribution >= 4 is 49.6 Å². The average Bonchev–Trinajstić information content (AvgIpc) is 2.17. The minimum absolute atomic E-state index is 0. The molecular weight excluding hydrogens is 342 g/mol. The zero-order valence-electron chi connectivity index (χ0n) is 11.9. The minimum atomic E-state index is 0. The standard InChI is InChI=1S/2C6H14N2.4ClH/c2*7-5-2-1-3-6(8)4-5;;;;/h2*5-6H,1-4,7-8H2;4*1H/t2*5-,6+;;;;. The van der Waals surface area contributed by atoms with Gasteiger partial charge < -0.3 is 22.9 Å². The number of nitrogens with two attached hydrogens (primary N) is 4. The molecule has 0 heterocycles. The zero-order valence-corrected chi connectivity index (χ0v) is 15.2. The molecule has 2 aliphatic carbocycles. The molecule has 0 aromatic rings. The van der Waals surface area contributed by atoms with E-state index in [2.05, 4.69) is 0 Å². The molecule has 0 radical (unpaired) electrons. The Bertz CT molecular complexity index is 164. The van der Waals surface area contributed by atoms with Gasteiger partial charge in [-0.15, -0.1) is 49.6 Å². The van der Waals surface area contributed by atoms with Crippen LogP contribution in [0.4, 0.5) is 0 Å². The molecule has 0 unspecified atom stereocenters. The van der Waals surface area contributed by atoms with E-state index in [1.165, 1.54) is 38.5 Å². The molecule has 2 fully saturated rings. The highest BCUT2D eigenvalue weighted by atomic mass is 35.5. The fourth-order valence-corrected chi connectivity index (χ4v) is 2.53. The van der Waals surface area contributed by atoms with Gasteiger partial charge in [0.25, 0.3) is 0 Å². The molecule has 0 aromatic carbocycles. The van der Waals surface area contributed by atoms with Crippen molar-refractivity contribution in [3.63, 3.8) is 0 Å². The predicted octanol–water partition coefficient (Wildman–Crippen LogP) is 2.12. The summed E-state index contributed by atoms with van der Waals surface area (Å²) in [5, 5.41) is 0. The van der Waals surface area contributed by atoms with Crippen LogP contribution in [-0.4, -0.2) is 24.2 Å². The second kappa shape index (κ2) is 16.4. The molecule has 128 valence electrons. The van der Waals surface area contributed by atoms with Crippen molar-refractivity contribution in [2.24, 2.45) is 22.9 Å². The Labute approximate surface area is 148 Å². The predicted molar refractivity (Wildman–Crippen MR) is 97.8 cm³/mol. The largest absolute Gasteiger partial charge is 0.328 e. The number of hydrogen-bond donors (Lipinski definition) is 4. The summed E-state index contributed by atoms with van der Waals surface area (Å²) in [6.07, 6.45) is 9.20. The molecule has 2 saturated carbocycles. The van der Waals surface area contributed by atoms with E-state index < -0.39 is 0 Å². The first-order valence-corrected chi connectivity index (χ1v) is 6.60. The SMILES string of the molecule is Cl.Cl.Cl.Cl.N[C@@H]1CCC[C@H](N)C1.N[C@@H]1CCC[C@H](N)C1. The average molecular weight is 374 g/mol. The Morgan fingerprint density at radius 1 is 0.450 bits per heavy atom. The van der Waals surface area contributed by atoms with Crippen LogP contribution in [0.5, 0.6) is 0 Å². The summed E-state index contributed by atoms with van der Waals surface area (Å²) in [7, 11) is 0. The third-order valence-electron chi connectivity index (χ3n) is 3.51. The van der Waals surface area contributed by atoms with E-state index in [0.717, 1.165) is 12.8 Å². The Balaban J connectivity index is -0.000000107. The zero-order chi connectivity index (χ0) is 12.0. The summed E-state index contributed by atoms with van der Waals surface area (Å²) in [5.74, 6) is 0. The molecular formula is C12H32Cl4N4. The maximum Gasteiger partial charge on any atom is 0.00535 e. The van der Waals surface area contributed by atoms with Gasteiger partial charge in [0, 0.05) is 24.2 Å². The van der Waals surface area contributed by atoms with Gasteiger partial charge in [0.2, 0.25) is 0 Å². The molecule has 0 aromatic heterocycles.